The first-order chi connectivity index (χ1) is 11.8. The highest BCUT2D eigenvalue weighted by molar-refractivity contribution is 7.91. The zero-order chi connectivity index (χ0) is 18.6. The third-order valence-electron chi connectivity index (χ3n) is 3.68. The van der Waals surface area contributed by atoms with Crippen LogP contribution in [0.5, 0.6) is 0 Å². The van der Waals surface area contributed by atoms with Crippen molar-refractivity contribution in [1.82, 2.24) is 4.90 Å². The van der Waals surface area contributed by atoms with Crippen molar-refractivity contribution < 1.29 is 13.2 Å². The zero-order valence-electron chi connectivity index (χ0n) is 14.0. The third-order valence-corrected chi connectivity index (χ3v) is 6.39. The molecule has 1 amide bonds. The van der Waals surface area contributed by atoms with E-state index < -0.39 is 9.84 Å². The quantitative estimate of drug-likeness (QED) is 0.720. The molecule has 0 aliphatic carbocycles. The molecular formula is C18H19Cl2NO3S. The molecular weight excluding hydrogens is 381 g/mol. The van der Waals surface area contributed by atoms with E-state index in [0.29, 0.717) is 16.5 Å². The summed E-state index contributed by atoms with van der Waals surface area (Å²) in [4.78, 5) is 14.3. The molecule has 0 saturated carbocycles. The van der Waals surface area contributed by atoms with Crippen LogP contribution >= 0.6 is 23.2 Å². The Kier molecular flexibility index (Phi) is 6.49. The SMILES string of the molecule is CCCS(=O)(=O)c1ccccc1C(=O)N(C)Cc1ccc(Cl)c(Cl)c1. The van der Waals surface area contributed by atoms with Crippen LogP contribution in [-0.2, 0) is 16.4 Å². The van der Waals surface area contributed by atoms with Gasteiger partial charge in [-0.1, -0.05) is 48.3 Å². The standard InChI is InChI=1S/C18H19Cl2NO3S/c1-3-10-25(23,24)17-7-5-4-6-14(17)18(22)21(2)12-13-8-9-15(19)16(20)11-13/h4-9,11H,3,10,12H2,1-2H3. The number of rotatable bonds is 6. The molecule has 0 atom stereocenters. The molecule has 25 heavy (non-hydrogen) atoms. The van der Waals surface area contributed by atoms with E-state index in [2.05, 4.69) is 0 Å². The summed E-state index contributed by atoms with van der Waals surface area (Å²) in [6, 6.07) is 11.4. The molecule has 2 aromatic carbocycles. The average molecular weight is 400 g/mol. The largest absolute Gasteiger partial charge is 0.337 e. The first kappa shape index (κ1) is 19.8. The summed E-state index contributed by atoms with van der Waals surface area (Å²) >= 11 is 11.9. The van der Waals surface area contributed by atoms with E-state index >= 15 is 0 Å². The molecule has 0 fully saturated rings. The minimum absolute atomic E-state index is 0.00774. The molecule has 0 aromatic heterocycles. The third kappa shape index (κ3) is 4.75. The Labute approximate surface area is 158 Å². The average Bonchev–Trinajstić information content (AvgIpc) is 2.57. The van der Waals surface area contributed by atoms with E-state index in [1.54, 1.807) is 44.3 Å². The molecule has 0 heterocycles. The van der Waals surface area contributed by atoms with Gasteiger partial charge in [0.25, 0.3) is 5.91 Å². The minimum atomic E-state index is -3.49. The highest BCUT2D eigenvalue weighted by Crippen LogP contribution is 2.24. The van der Waals surface area contributed by atoms with Crippen LogP contribution in [0.3, 0.4) is 0 Å². The molecule has 0 N–H and O–H groups in total. The number of amides is 1. The summed E-state index contributed by atoms with van der Waals surface area (Å²) in [6.45, 7) is 2.08. The number of carbonyl (C=O) groups is 1. The number of nitrogens with zero attached hydrogens (tertiary/aromatic N) is 1. The molecule has 2 rings (SSSR count). The fourth-order valence-corrected chi connectivity index (χ4v) is 4.34. The van der Waals surface area contributed by atoms with Crippen LogP contribution in [-0.4, -0.2) is 32.0 Å². The number of carbonyl (C=O) groups excluding carboxylic acids is 1. The van der Waals surface area contributed by atoms with Crippen molar-refractivity contribution >= 4 is 38.9 Å². The van der Waals surface area contributed by atoms with Crippen LogP contribution in [0.1, 0.15) is 29.3 Å². The summed E-state index contributed by atoms with van der Waals surface area (Å²) in [5.41, 5.74) is 0.984. The summed E-state index contributed by atoms with van der Waals surface area (Å²) < 4.78 is 24.8. The maximum atomic E-state index is 12.8. The highest BCUT2D eigenvalue weighted by atomic mass is 35.5. The van der Waals surface area contributed by atoms with E-state index in [1.807, 2.05) is 0 Å². The Morgan fingerprint density at radius 3 is 2.40 bits per heavy atom. The van der Waals surface area contributed by atoms with E-state index in [4.69, 9.17) is 23.2 Å². The number of benzene rings is 2. The second-order valence-corrected chi connectivity index (χ2v) is 8.62. The monoisotopic (exact) mass is 399 g/mol. The van der Waals surface area contributed by atoms with Crippen LogP contribution < -0.4 is 0 Å². The van der Waals surface area contributed by atoms with Gasteiger partial charge in [-0.3, -0.25) is 4.79 Å². The van der Waals surface area contributed by atoms with Crippen molar-refractivity contribution in [2.45, 2.75) is 24.8 Å². The molecule has 0 unspecified atom stereocenters. The summed E-state index contributed by atoms with van der Waals surface area (Å²) in [5.74, 6) is -0.352. The second-order valence-electron chi connectivity index (χ2n) is 5.72. The first-order valence-corrected chi connectivity index (χ1v) is 10.2. The van der Waals surface area contributed by atoms with Crippen LogP contribution in [0, 0.1) is 0 Å². The molecule has 0 radical (unpaired) electrons. The summed E-state index contributed by atoms with van der Waals surface area (Å²) in [7, 11) is -1.87. The fraction of sp³-hybridized carbons (Fsp3) is 0.278. The Hall–Kier alpha value is -1.56. The fourth-order valence-electron chi connectivity index (χ4n) is 2.48. The minimum Gasteiger partial charge on any atom is -0.337 e. The number of hydrogen-bond acceptors (Lipinski definition) is 3. The topological polar surface area (TPSA) is 54.5 Å². The Morgan fingerprint density at radius 2 is 1.76 bits per heavy atom. The predicted molar refractivity (Wildman–Crippen MR) is 101 cm³/mol. The van der Waals surface area contributed by atoms with E-state index in [0.717, 1.165) is 5.56 Å². The molecule has 7 heteroatoms. The van der Waals surface area contributed by atoms with Gasteiger partial charge in [0.1, 0.15) is 0 Å². The van der Waals surface area contributed by atoms with Crippen molar-refractivity contribution in [3.8, 4) is 0 Å². The van der Waals surface area contributed by atoms with Gasteiger partial charge in [-0.15, -0.1) is 0 Å². The van der Waals surface area contributed by atoms with Crippen molar-refractivity contribution in [3.63, 3.8) is 0 Å². The van der Waals surface area contributed by atoms with Gasteiger partial charge >= 0.3 is 0 Å². The van der Waals surface area contributed by atoms with Gasteiger partial charge in [0, 0.05) is 13.6 Å². The van der Waals surface area contributed by atoms with Crippen LogP contribution in [0.25, 0.3) is 0 Å². The van der Waals surface area contributed by atoms with Gasteiger partial charge in [0.05, 0.1) is 26.3 Å². The Bertz CT molecular complexity index is 882. The maximum Gasteiger partial charge on any atom is 0.255 e. The maximum absolute atomic E-state index is 12.8. The normalized spacial score (nSPS) is 11.4. The van der Waals surface area contributed by atoms with Gasteiger partial charge in [0.15, 0.2) is 9.84 Å². The zero-order valence-corrected chi connectivity index (χ0v) is 16.3. The molecule has 0 saturated heterocycles. The lowest BCUT2D eigenvalue weighted by Crippen LogP contribution is -2.28. The van der Waals surface area contributed by atoms with E-state index in [-0.39, 0.29) is 28.7 Å². The summed E-state index contributed by atoms with van der Waals surface area (Å²) in [5, 5.41) is 0.848. The number of sulfone groups is 1. The van der Waals surface area contributed by atoms with Gasteiger partial charge in [0.2, 0.25) is 0 Å². The second kappa shape index (κ2) is 8.21. The molecule has 4 nitrogen and oxygen atoms in total. The Morgan fingerprint density at radius 1 is 1.08 bits per heavy atom. The van der Waals surface area contributed by atoms with Crippen LogP contribution in [0.4, 0.5) is 0 Å². The van der Waals surface area contributed by atoms with Crippen molar-refractivity contribution in [3.05, 3.63) is 63.6 Å². The smallest absolute Gasteiger partial charge is 0.255 e. The summed E-state index contributed by atoms with van der Waals surface area (Å²) in [6.07, 6.45) is 0.490. The molecule has 0 aliphatic rings. The number of halogens is 2. The lowest BCUT2D eigenvalue weighted by Gasteiger charge is -2.19. The van der Waals surface area contributed by atoms with Crippen LogP contribution in [0.15, 0.2) is 47.4 Å². The van der Waals surface area contributed by atoms with Crippen molar-refractivity contribution in [1.29, 1.82) is 0 Å². The lowest BCUT2D eigenvalue weighted by molar-refractivity contribution is 0.0781. The molecule has 2 aromatic rings. The van der Waals surface area contributed by atoms with Gasteiger partial charge in [-0.05, 0) is 36.2 Å². The van der Waals surface area contributed by atoms with Crippen molar-refractivity contribution in [2.75, 3.05) is 12.8 Å². The van der Waals surface area contributed by atoms with Crippen LogP contribution in [0.2, 0.25) is 10.0 Å². The predicted octanol–water partition coefficient (Wildman–Crippen LogP) is 4.45. The molecule has 134 valence electrons. The van der Waals surface area contributed by atoms with Gasteiger partial charge in [-0.2, -0.15) is 0 Å². The van der Waals surface area contributed by atoms with Gasteiger partial charge < -0.3 is 4.90 Å². The molecule has 0 spiro atoms. The number of hydrogen-bond donors (Lipinski definition) is 0. The van der Waals surface area contributed by atoms with Gasteiger partial charge in [-0.25, -0.2) is 8.42 Å². The molecule has 0 aliphatic heterocycles. The molecule has 0 bridgehead atoms. The van der Waals surface area contributed by atoms with Crippen molar-refractivity contribution in [2.24, 2.45) is 0 Å². The lowest BCUT2D eigenvalue weighted by atomic mass is 10.1. The Balaban J connectivity index is 2.29. The van der Waals surface area contributed by atoms with E-state index in [1.165, 1.54) is 17.0 Å². The van der Waals surface area contributed by atoms with E-state index in [9.17, 15) is 13.2 Å². The first-order valence-electron chi connectivity index (χ1n) is 7.77. The highest BCUT2D eigenvalue weighted by Gasteiger charge is 2.23.